The molecule has 1 aromatic carbocycles. The van der Waals surface area contributed by atoms with Crippen LogP contribution < -0.4 is 15.8 Å². The molecule has 0 radical (unpaired) electrons. The van der Waals surface area contributed by atoms with E-state index < -0.39 is 6.36 Å². The first-order valence-corrected chi connectivity index (χ1v) is 7.20. The summed E-state index contributed by atoms with van der Waals surface area (Å²) in [4.78, 5) is 0. The van der Waals surface area contributed by atoms with E-state index in [0.29, 0.717) is 6.04 Å². The van der Waals surface area contributed by atoms with E-state index in [1.165, 1.54) is 6.07 Å². The van der Waals surface area contributed by atoms with E-state index in [0.717, 1.165) is 31.4 Å². The third kappa shape index (κ3) is 4.56. The molecule has 0 atom stereocenters. The summed E-state index contributed by atoms with van der Waals surface area (Å²) in [6.07, 6.45) is -0.807. The summed E-state index contributed by atoms with van der Waals surface area (Å²) < 4.78 is 40.7. The van der Waals surface area contributed by atoms with Crippen molar-refractivity contribution in [3.63, 3.8) is 0 Å². The molecule has 0 unspecified atom stereocenters. The van der Waals surface area contributed by atoms with Gasteiger partial charge in [0.25, 0.3) is 0 Å². The number of anilines is 1. The lowest BCUT2D eigenvalue weighted by atomic mass is 9.92. The SMILES string of the molecule is NC1CCC(Nc2ccc(OC(F)(F)F)c(Br)c2)CC1. The van der Waals surface area contributed by atoms with E-state index in [1.54, 1.807) is 12.1 Å². The van der Waals surface area contributed by atoms with Gasteiger partial charge in [-0.3, -0.25) is 0 Å². The van der Waals surface area contributed by atoms with Crippen LogP contribution in [0.15, 0.2) is 22.7 Å². The van der Waals surface area contributed by atoms with Gasteiger partial charge in [-0.25, -0.2) is 0 Å². The van der Waals surface area contributed by atoms with Gasteiger partial charge in [0.05, 0.1) is 4.47 Å². The largest absolute Gasteiger partial charge is 0.573 e. The fourth-order valence-corrected chi connectivity index (χ4v) is 2.76. The fourth-order valence-electron chi connectivity index (χ4n) is 2.30. The summed E-state index contributed by atoms with van der Waals surface area (Å²) in [5, 5.41) is 3.31. The molecule has 0 amide bonds. The van der Waals surface area contributed by atoms with Crippen LogP contribution >= 0.6 is 15.9 Å². The smallest absolute Gasteiger partial charge is 0.405 e. The molecule has 3 N–H and O–H groups in total. The number of nitrogens with one attached hydrogen (secondary N) is 1. The van der Waals surface area contributed by atoms with Crippen molar-refractivity contribution in [2.75, 3.05) is 5.32 Å². The van der Waals surface area contributed by atoms with Gasteiger partial charge in [0.15, 0.2) is 0 Å². The molecule has 0 spiro atoms. The minimum absolute atomic E-state index is 0.242. The summed E-state index contributed by atoms with van der Waals surface area (Å²) in [7, 11) is 0. The number of rotatable bonds is 3. The highest BCUT2D eigenvalue weighted by atomic mass is 79.9. The Kier molecular flexibility index (Phi) is 4.80. The van der Waals surface area contributed by atoms with Crippen molar-refractivity contribution < 1.29 is 17.9 Å². The Bertz CT molecular complexity index is 459. The van der Waals surface area contributed by atoms with Crippen molar-refractivity contribution in [2.45, 2.75) is 44.1 Å². The van der Waals surface area contributed by atoms with Gasteiger partial charge in [-0.1, -0.05) is 0 Å². The monoisotopic (exact) mass is 352 g/mol. The molecule has 0 saturated heterocycles. The molecule has 1 aliphatic rings. The molecule has 1 aliphatic carbocycles. The van der Waals surface area contributed by atoms with Crippen molar-refractivity contribution in [1.29, 1.82) is 0 Å². The topological polar surface area (TPSA) is 47.3 Å². The van der Waals surface area contributed by atoms with Gasteiger partial charge in [-0.15, -0.1) is 13.2 Å². The lowest BCUT2D eigenvalue weighted by Gasteiger charge is -2.27. The van der Waals surface area contributed by atoms with Crippen molar-refractivity contribution in [2.24, 2.45) is 5.73 Å². The molecule has 2 rings (SSSR count). The lowest BCUT2D eigenvalue weighted by molar-refractivity contribution is -0.274. The Morgan fingerprint density at radius 3 is 2.40 bits per heavy atom. The standard InChI is InChI=1S/C13H16BrF3N2O/c14-11-7-10(5-6-12(11)20-13(15,16)17)19-9-3-1-8(18)2-4-9/h5-9,19H,1-4,18H2. The lowest BCUT2D eigenvalue weighted by Crippen LogP contribution is -2.32. The number of hydrogen-bond acceptors (Lipinski definition) is 3. The van der Waals surface area contributed by atoms with Gasteiger partial charge in [-0.05, 0) is 59.8 Å². The van der Waals surface area contributed by atoms with Crippen molar-refractivity contribution in [3.8, 4) is 5.75 Å². The Labute approximate surface area is 123 Å². The highest BCUT2D eigenvalue weighted by Gasteiger charge is 2.32. The van der Waals surface area contributed by atoms with Crippen LogP contribution in [0.1, 0.15) is 25.7 Å². The zero-order valence-corrected chi connectivity index (χ0v) is 12.3. The third-order valence-electron chi connectivity index (χ3n) is 3.30. The van der Waals surface area contributed by atoms with Crippen molar-refractivity contribution >= 4 is 21.6 Å². The summed E-state index contributed by atoms with van der Waals surface area (Å²) in [6.45, 7) is 0. The number of hydrogen-bond donors (Lipinski definition) is 2. The van der Waals surface area contributed by atoms with E-state index in [9.17, 15) is 13.2 Å². The van der Waals surface area contributed by atoms with Crippen LogP contribution in [0, 0.1) is 0 Å². The average Bonchev–Trinajstić information content (AvgIpc) is 2.34. The van der Waals surface area contributed by atoms with Crippen LogP contribution in [0.25, 0.3) is 0 Å². The highest BCUT2D eigenvalue weighted by molar-refractivity contribution is 9.10. The second-order valence-corrected chi connectivity index (χ2v) is 5.80. The van der Waals surface area contributed by atoms with Gasteiger partial charge in [0.1, 0.15) is 5.75 Å². The van der Waals surface area contributed by atoms with Crippen LogP contribution in [0.3, 0.4) is 0 Å². The molecule has 1 fully saturated rings. The van der Waals surface area contributed by atoms with E-state index in [4.69, 9.17) is 5.73 Å². The minimum atomic E-state index is -4.68. The maximum absolute atomic E-state index is 12.2. The number of benzene rings is 1. The summed E-state index contributed by atoms with van der Waals surface area (Å²) >= 11 is 3.09. The first-order valence-electron chi connectivity index (χ1n) is 6.41. The molecule has 0 heterocycles. The quantitative estimate of drug-likeness (QED) is 0.863. The molecule has 0 bridgehead atoms. The van der Waals surface area contributed by atoms with E-state index >= 15 is 0 Å². The normalized spacial score (nSPS) is 23.4. The van der Waals surface area contributed by atoms with Gasteiger partial charge >= 0.3 is 6.36 Å². The Morgan fingerprint density at radius 2 is 1.85 bits per heavy atom. The number of nitrogens with two attached hydrogens (primary N) is 1. The van der Waals surface area contributed by atoms with Gasteiger partial charge in [0, 0.05) is 17.8 Å². The van der Waals surface area contributed by atoms with E-state index in [2.05, 4.69) is 26.0 Å². The first kappa shape index (κ1) is 15.4. The molecule has 20 heavy (non-hydrogen) atoms. The molecule has 0 aliphatic heterocycles. The van der Waals surface area contributed by atoms with Gasteiger partial charge in [-0.2, -0.15) is 0 Å². The predicted octanol–water partition coefficient (Wildman–Crippen LogP) is 4.03. The molecule has 3 nitrogen and oxygen atoms in total. The van der Waals surface area contributed by atoms with Crippen LogP contribution in [-0.2, 0) is 0 Å². The summed E-state index contributed by atoms with van der Waals surface area (Å²) in [6, 6.07) is 5.06. The highest BCUT2D eigenvalue weighted by Crippen LogP contribution is 2.33. The second-order valence-electron chi connectivity index (χ2n) is 4.95. The number of halogens is 4. The first-order chi connectivity index (χ1) is 9.33. The molecule has 1 saturated carbocycles. The third-order valence-corrected chi connectivity index (χ3v) is 3.92. The average molecular weight is 353 g/mol. The molecular formula is C13H16BrF3N2O. The van der Waals surface area contributed by atoms with E-state index in [1.807, 2.05) is 0 Å². The van der Waals surface area contributed by atoms with Crippen LogP contribution in [-0.4, -0.2) is 18.4 Å². The summed E-state index contributed by atoms with van der Waals surface area (Å²) in [5.41, 5.74) is 6.60. The van der Waals surface area contributed by atoms with Crippen molar-refractivity contribution in [3.05, 3.63) is 22.7 Å². The zero-order valence-electron chi connectivity index (χ0n) is 10.7. The van der Waals surface area contributed by atoms with Crippen LogP contribution in [0.5, 0.6) is 5.75 Å². The Morgan fingerprint density at radius 1 is 1.20 bits per heavy atom. The Hall–Kier alpha value is -0.950. The number of ether oxygens (including phenoxy) is 1. The Balaban J connectivity index is 1.98. The molecule has 0 aromatic heterocycles. The molecule has 112 valence electrons. The zero-order chi connectivity index (χ0) is 14.8. The molecule has 1 aromatic rings. The minimum Gasteiger partial charge on any atom is -0.405 e. The molecular weight excluding hydrogens is 337 g/mol. The second kappa shape index (κ2) is 6.22. The maximum atomic E-state index is 12.2. The van der Waals surface area contributed by atoms with Crippen molar-refractivity contribution in [1.82, 2.24) is 0 Å². The predicted molar refractivity (Wildman–Crippen MR) is 74.7 cm³/mol. The van der Waals surface area contributed by atoms with Crippen LogP contribution in [0.2, 0.25) is 0 Å². The van der Waals surface area contributed by atoms with Gasteiger partial charge < -0.3 is 15.8 Å². The maximum Gasteiger partial charge on any atom is 0.573 e. The van der Waals surface area contributed by atoms with Crippen LogP contribution in [0.4, 0.5) is 18.9 Å². The molecule has 7 heteroatoms. The van der Waals surface area contributed by atoms with E-state index in [-0.39, 0.29) is 16.3 Å². The fraction of sp³-hybridized carbons (Fsp3) is 0.538. The summed E-state index contributed by atoms with van der Waals surface area (Å²) in [5.74, 6) is -0.242. The number of alkyl halides is 3. The van der Waals surface area contributed by atoms with Gasteiger partial charge in [0.2, 0.25) is 0 Å².